The second kappa shape index (κ2) is 8.95. The van der Waals surface area contributed by atoms with E-state index in [1.807, 2.05) is 31.2 Å². The second-order valence-electron chi connectivity index (χ2n) is 8.68. The normalized spacial score (nSPS) is 14.9. The molecule has 174 valence electrons. The molecule has 0 aliphatic carbocycles. The van der Waals surface area contributed by atoms with Crippen LogP contribution in [-0.2, 0) is 24.3 Å². The lowest BCUT2D eigenvalue weighted by atomic mass is 10.1. The Hall–Kier alpha value is -3.65. The van der Waals surface area contributed by atoms with Crippen molar-refractivity contribution in [2.45, 2.75) is 45.8 Å². The Morgan fingerprint density at radius 1 is 1.21 bits per heavy atom. The van der Waals surface area contributed by atoms with Gasteiger partial charge in [0.05, 0.1) is 12.2 Å². The molecule has 0 fully saturated rings. The van der Waals surface area contributed by atoms with Gasteiger partial charge in [0.2, 0.25) is 5.91 Å². The van der Waals surface area contributed by atoms with E-state index in [9.17, 15) is 9.59 Å². The van der Waals surface area contributed by atoms with Crippen molar-refractivity contribution in [3.8, 4) is 0 Å². The lowest BCUT2D eigenvalue weighted by Crippen LogP contribution is -2.36. The fourth-order valence-electron chi connectivity index (χ4n) is 4.39. The van der Waals surface area contributed by atoms with Gasteiger partial charge in [-0.25, -0.2) is 4.98 Å². The molecule has 0 bridgehead atoms. The molecule has 0 unspecified atom stereocenters. The van der Waals surface area contributed by atoms with E-state index in [0.717, 1.165) is 22.2 Å². The third-order valence-corrected chi connectivity index (χ3v) is 6.69. The van der Waals surface area contributed by atoms with Crippen molar-refractivity contribution >= 4 is 34.2 Å². The van der Waals surface area contributed by atoms with E-state index >= 15 is 0 Å². The number of halogens is 1. The fourth-order valence-corrected chi connectivity index (χ4v) is 4.66. The summed E-state index contributed by atoms with van der Waals surface area (Å²) >= 11 is 6.41. The van der Waals surface area contributed by atoms with Gasteiger partial charge in [0, 0.05) is 35.5 Å². The van der Waals surface area contributed by atoms with Crippen LogP contribution in [0.4, 0.5) is 5.82 Å². The summed E-state index contributed by atoms with van der Waals surface area (Å²) in [5, 5.41) is 7.28. The molecular weight excluding hydrogens is 452 g/mol. The monoisotopic (exact) mass is 476 g/mol. The molecule has 5 rings (SSSR count). The Labute approximate surface area is 201 Å². The van der Waals surface area contributed by atoms with Crippen LogP contribution in [0, 0.1) is 13.8 Å². The lowest BCUT2D eigenvalue weighted by molar-refractivity contribution is -0.124. The summed E-state index contributed by atoms with van der Waals surface area (Å²) in [5.74, 6) is -0.0743. The Balaban J connectivity index is 1.33. The molecule has 4 heterocycles. The topological polar surface area (TPSA) is 105 Å². The maximum Gasteiger partial charge on any atom is 0.294 e. The van der Waals surface area contributed by atoms with Crippen LogP contribution in [0.3, 0.4) is 0 Å². The van der Waals surface area contributed by atoms with E-state index in [2.05, 4.69) is 38.6 Å². The van der Waals surface area contributed by atoms with Crippen molar-refractivity contribution in [2.24, 2.45) is 0 Å². The number of aromatic nitrogens is 4. The summed E-state index contributed by atoms with van der Waals surface area (Å²) in [6, 6.07) is 9.34. The fraction of sp³-hybridized carbons (Fsp3) is 0.280. The number of carbonyl (C=O) groups excluding carboxylic acids is 1. The van der Waals surface area contributed by atoms with Gasteiger partial charge in [-0.05, 0) is 55.5 Å². The highest BCUT2D eigenvalue weighted by Gasteiger charge is 2.32. The molecule has 1 atom stereocenters. The molecule has 1 aliphatic heterocycles. The van der Waals surface area contributed by atoms with E-state index in [1.165, 1.54) is 15.7 Å². The lowest BCUT2D eigenvalue weighted by Gasteiger charge is -2.16. The minimum Gasteiger partial charge on any atom is -0.361 e. The number of hydrogen-bond donors (Lipinski definition) is 3. The molecule has 4 aromatic rings. The smallest absolute Gasteiger partial charge is 0.294 e. The first-order valence-corrected chi connectivity index (χ1v) is 11.6. The second-order valence-corrected chi connectivity index (χ2v) is 9.03. The Bertz CT molecular complexity index is 1420. The molecule has 9 heteroatoms. The Morgan fingerprint density at radius 3 is 2.85 bits per heavy atom. The zero-order valence-corrected chi connectivity index (χ0v) is 19.7. The van der Waals surface area contributed by atoms with Crippen molar-refractivity contribution in [3.05, 3.63) is 86.3 Å². The average molecular weight is 477 g/mol. The highest BCUT2D eigenvalue weighted by molar-refractivity contribution is 6.30. The summed E-state index contributed by atoms with van der Waals surface area (Å²) in [5.41, 5.74) is 5.51. The molecule has 1 amide bonds. The van der Waals surface area contributed by atoms with E-state index < -0.39 is 6.04 Å². The van der Waals surface area contributed by atoms with Gasteiger partial charge in [-0.15, -0.1) is 0 Å². The molecule has 0 saturated heterocycles. The van der Waals surface area contributed by atoms with Crippen molar-refractivity contribution in [1.82, 2.24) is 24.8 Å². The van der Waals surface area contributed by atoms with Crippen LogP contribution in [0.5, 0.6) is 0 Å². The summed E-state index contributed by atoms with van der Waals surface area (Å²) in [7, 11) is 0. The van der Waals surface area contributed by atoms with Crippen molar-refractivity contribution in [1.29, 1.82) is 0 Å². The average Bonchev–Trinajstić information content (AvgIpc) is 3.46. The van der Waals surface area contributed by atoms with Gasteiger partial charge in [-0.2, -0.15) is 0 Å². The highest BCUT2D eigenvalue weighted by atomic mass is 35.5. The number of carbonyl (C=O) groups is 1. The van der Waals surface area contributed by atoms with Crippen LogP contribution < -0.4 is 16.2 Å². The number of H-pyrrole nitrogens is 1. The van der Waals surface area contributed by atoms with Crippen LogP contribution in [-0.4, -0.2) is 25.4 Å². The van der Waals surface area contributed by atoms with Gasteiger partial charge in [-0.3, -0.25) is 19.1 Å². The first-order chi connectivity index (χ1) is 16.4. The molecule has 1 aliphatic rings. The highest BCUT2D eigenvalue weighted by Crippen LogP contribution is 2.29. The molecule has 3 aromatic heterocycles. The number of hydrogen-bond acceptors (Lipinski definition) is 5. The quantitative estimate of drug-likeness (QED) is 0.392. The van der Waals surface area contributed by atoms with E-state index in [1.54, 1.807) is 12.4 Å². The summed E-state index contributed by atoms with van der Waals surface area (Å²) in [6.45, 7) is 4.87. The first-order valence-electron chi connectivity index (χ1n) is 11.2. The summed E-state index contributed by atoms with van der Waals surface area (Å²) in [6.07, 6.45) is 4.51. The van der Waals surface area contributed by atoms with Gasteiger partial charge in [0.25, 0.3) is 5.56 Å². The van der Waals surface area contributed by atoms with E-state index in [-0.39, 0.29) is 22.4 Å². The molecule has 8 nitrogen and oxygen atoms in total. The van der Waals surface area contributed by atoms with Gasteiger partial charge >= 0.3 is 0 Å². The van der Waals surface area contributed by atoms with Gasteiger partial charge < -0.3 is 15.6 Å². The maximum atomic E-state index is 13.2. The van der Waals surface area contributed by atoms with Crippen LogP contribution in [0.1, 0.15) is 40.5 Å². The number of amides is 1. The van der Waals surface area contributed by atoms with Crippen molar-refractivity contribution in [3.63, 3.8) is 0 Å². The van der Waals surface area contributed by atoms with Crippen molar-refractivity contribution < 1.29 is 4.79 Å². The summed E-state index contributed by atoms with van der Waals surface area (Å²) < 4.78 is 1.49. The minimum atomic E-state index is -0.629. The number of nitrogens with one attached hydrogen (secondary N) is 3. The molecule has 0 saturated carbocycles. The van der Waals surface area contributed by atoms with Gasteiger partial charge in [0.15, 0.2) is 11.0 Å². The predicted octanol–water partition coefficient (Wildman–Crippen LogP) is 3.81. The number of benzene rings is 1. The third-order valence-electron chi connectivity index (χ3n) is 6.39. The molecular formula is C25H25ClN6O2. The van der Waals surface area contributed by atoms with E-state index in [0.29, 0.717) is 31.6 Å². The number of fused-ring (bicyclic) bond motifs is 2. The maximum absolute atomic E-state index is 13.2. The van der Waals surface area contributed by atoms with Gasteiger partial charge in [-0.1, -0.05) is 29.8 Å². The molecule has 3 N–H and O–H groups in total. The van der Waals surface area contributed by atoms with Crippen LogP contribution in [0.15, 0.2) is 47.5 Å². The zero-order valence-electron chi connectivity index (χ0n) is 19.0. The largest absolute Gasteiger partial charge is 0.361 e. The van der Waals surface area contributed by atoms with Crippen LogP contribution in [0.2, 0.25) is 5.15 Å². The number of nitrogens with zero attached hydrogens (tertiary/aromatic N) is 3. The number of aryl methyl sites for hydroxylation is 2. The van der Waals surface area contributed by atoms with E-state index in [4.69, 9.17) is 11.6 Å². The molecule has 0 radical (unpaired) electrons. The predicted molar refractivity (Wildman–Crippen MR) is 132 cm³/mol. The standard InChI is InChI=1S/C25H25ClN6O2/c1-14-3-4-16(9-15(14)2)11-28-23-25(34)32-20(22(26)31-23)5-6-21(32)24(33)29-13-18-10-17-12-27-8-7-19(17)30-18/h3-4,7-10,12,21,30H,5-6,11,13H2,1-2H3,(H,28,31)(H,29,33)/t21-/m0/s1. The van der Waals surface area contributed by atoms with Gasteiger partial charge in [0.1, 0.15) is 6.04 Å². The third kappa shape index (κ3) is 4.17. The van der Waals surface area contributed by atoms with Crippen LogP contribution >= 0.6 is 11.6 Å². The van der Waals surface area contributed by atoms with Crippen molar-refractivity contribution in [2.75, 3.05) is 5.32 Å². The summed E-state index contributed by atoms with van der Waals surface area (Å²) in [4.78, 5) is 38.0. The number of aromatic amines is 1. The number of anilines is 1. The number of pyridine rings is 1. The Morgan fingerprint density at radius 2 is 2.06 bits per heavy atom. The zero-order chi connectivity index (χ0) is 23.8. The first kappa shape index (κ1) is 22.2. The molecule has 0 spiro atoms. The SMILES string of the molecule is Cc1ccc(CNc2nc(Cl)c3n(c2=O)[C@H](C(=O)NCc2cc4cnccc4[nH]2)CC3)cc1C. The molecule has 34 heavy (non-hydrogen) atoms. The Kier molecular flexibility index (Phi) is 5.83. The number of rotatable bonds is 6. The minimum absolute atomic E-state index is 0.148. The molecule has 1 aromatic carbocycles. The van der Waals surface area contributed by atoms with Crippen LogP contribution in [0.25, 0.3) is 10.9 Å².